The molecule has 3 nitrogen and oxygen atoms in total. The largest absolute Gasteiger partial charge is 0.245 e. The number of pyridine rings is 1. The lowest BCUT2D eigenvalue weighted by molar-refractivity contribution is 0.625. The molecule has 1 aromatic carbocycles. The standard InChI is InChI=1S/C12H4BrCl2F2N3/c13-12-6-4-20(19-10(6)9(17)3-18-12)11-7(14)1-5(16)2-8(11)15/h1-4H. The number of hydrogen-bond donors (Lipinski definition) is 0. The van der Waals surface area contributed by atoms with E-state index in [-0.39, 0.29) is 21.2 Å². The van der Waals surface area contributed by atoms with Gasteiger partial charge in [0.2, 0.25) is 0 Å². The molecular weight excluding hydrogens is 375 g/mol. The molecule has 0 saturated heterocycles. The van der Waals surface area contributed by atoms with Crippen LogP contribution in [0.1, 0.15) is 0 Å². The van der Waals surface area contributed by atoms with Crippen LogP contribution >= 0.6 is 39.1 Å². The molecule has 0 aliphatic carbocycles. The molecule has 0 spiro atoms. The SMILES string of the molecule is Fc1cc(Cl)c(-n2cc3c(Br)ncc(F)c3n2)c(Cl)c1. The lowest BCUT2D eigenvalue weighted by atomic mass is 10.3. The van der Waals surface area contributed by atoms with Crippen LogP contribution in [0.4, 0.5) is 8.78 Å². The average Bonchev–Trinajstić information content (AvgIpc) is 2.78. The Hall–Kier alpha value is -1.24. The van der Waals surface area contributed by atoms with E-state index in [0.717, 1.165) is 18.3 Å². The highest BCUT2D eigenvalue weighted by Gasteiger charge is 2.16. The van der Waals surface area contributed by atoms with Crippen LogP contribution in [0.3, 0.4) is 0 Å². The summed E-state index contributed by atoms with van der Waals surface area (Å²) in [6.45, 7) is 0. The number of aromatic nitrogens is 3. The third-order valence-electron chi connectivity index (χ3n) is 2.66. The number of halogens is 5. The molecule has 2 aromatic heterocycles. The van der Waals surface area contributed by atoms with Crippen molar-refractivity contribution in [3.63, 3.8) is 0 Å². The Morgan fingerprint density at radius 2 is 1.80 bits per heavy atom. The molecule has 0 saturated carbocycles. The van der Waals surface area contributed by atoms with Gasteiger partial charge in [-0.3, -0.25) is 0 Å². The quantitative estimate of drug-likeness (QED) is 0.571. The molecule has 0 amide bonds. The lowest BCUT2D eigenvalue weighted by Crippen LogP contribution is -1.97. The summed E-state index contributed by atoms with van der Waals surface area (Å²) in [6.07, 6.45) is 2.57. The first kappa shape index (κ1) is 13.7. The molecule has 0 aliphatic heterocycles. The van der Waals surface area contributed by atoms with E-state index >= 15 is 0 Å². The number of benzene rings is 1. The van der Waals surface area contributed by atoms with Crippen LogP contribution < -0.4 is 0 Å². The summed E-state index contributed by atoms with van der Waals surface area (Å²) < 4.78 is 28.6. The summed E-state index contributed by atoms with van der Waals surface area (Å²) in [5, 5.41) is 4.69. The van der Waals surface area contributed by atoms with E-state index in [9.17, 15) is 8.78 Å². The van der Waals surface area contributed by atoms with E-state index in [2.05, 4.69) is 26.0 Å². The molecule has 2 heterocycles. The van der Waals surface area contributed by atoms with E-state index in [1.807, 2.05) is 0 Å². The normalized spacial score (nSPS) is 11.2. The minimum absolute atomic E-state index is 0.0762. The fourth-order valence-electron chi connectivity index (χ4n) is 1.81. The van der Waals surface area contributed by atoms with Crippen LogP contribution in [0.25, 0.3) is 16.6 Å². The third kappa shape index (κ3) is 2.17. The van der Waals surface area contributed by atoms with Crippen molar-refractivity contribution in [3.05, 3.63) is 50.8 Å². The molecule has 102 valence electrons. The average molecular weight is 379 g/mol. The highest BCUT2D eigenvalue weighted by molar-refractivity contribution is 9.10. The number of nitrogens with zero attached hydrogens (tertiary/aromatic N) is 3. The van der Waals surface area contributed by atoms with Gasteiger partial charge in [0, 0.05) is 6.20 Å². The second-order valence-corrected chi connectivity index (χ2v) is 5.52. The summed E-state index contributed by atoms with van der Waals surface area (Å²) in [7, 11) is 0. The van der Waals surface area contributed by atoms with E-state index < -0.39 is 11.6 Å². The van der Waals surface area contributed by atoms with Gasteiger partial charge in [-0.15, -0.1) is 0 Å². The van der Waals surface area contributed by atoms with Crippen molar-refractivity contribution in [3.8, 4) is 5.69 Å². The Morgan fingerprint density at radius 1 is 1.15 bits per heavy atom. The fraction of sp³-hybridized carbons (Fsp3) is 0. The molecule has 8 heteroatoms. The van der Waals surface area contributed by atoms with Gasteiger partial charge in [0.05, 0.1) is 21.6 Å². The Bertz CT molecular complexity index is 773. The zero-order valence-corrected chi connectivity index (χ0v) is 12.6. The summed E-state index contributed by atoms with van der Waals surface area (Å²) in [5.74, 6) is -1.13. The van der Waals surface area contributed by atoms with Gasteiger partial charge in [0.1, 0.15) is 21.6 Å². The Kier molecular flexibility index (Phi) is 3.40. The zero-order chi connectivity index (χ0) is 14.4. The first-order valence-electron chi connectivity index (χ1n) is 5.31. The fourth-order valence-corrected chi connectivity index (χ4v) is 2.84. The summed E-state index contributed by atoms with van der Waals surface area (Å²) in [6, 6.07) is 2.22. The molecule has 0 bridgehead atoms. The highest BCUT2D eigenvalue weighted by Crippen LogP contribution is 2.32. The minimum Gasteiger partial charge on any atom is -0.245 e. The van der Waals surface area contributed by atoms with Crippen molar-refractivity contribution >= 4 is 50.0 Å². The second-order valence-electron chi connectivity index (χ2n) is 3.95. The van der Waals surface area contributed by atoms with Crippen LogP contribution in [0.5, 0.6) is 0 Å². The Labute approximate surface area is 130 Å². The number of fused-ring (bicyclic) bond motifs is 1. The maximum absolute atomic E-state index is 13.7. The van der Waals surface area contributed by atoms with Crippen LogP contribution in [0.15, 0.2) is 29.1 Å². The first-order chi connectivity index (χ1) is 9.47. The van der Waals surface area contributed by atoms with E-state index in [1.54, 1.807) is 0 Å². The Balaban J connectivity index is 2.31. The topological polar surface area (TPSA) is 30.7 Å². The van der Waals surface area contributed by atoms with E-state index in [4.69, 9.17) is 23.2 Å². The van der Waals surface area contributed by atoms with Crippen LogP contribution in [-0.2, 0) is 0 Å². The molecule has 0 unspecified atom stereocenters. The van der Waals surface area contributed by atoms with Crippen molar-refractivity contribution in [1.82, 2.24) is 14.8 Å². The lowest BCUT2D eigenvalue weighted by Gasteiger charge is -2.06. The van der Waals surface area contributed by atoms with Crippen molar-refractivity contribution in [1.29, 1.82) is 0 Å². The minimum atomic E-state index is -0.573. The maximum atomic E-state index is 13.7. The molecular formula is C12H4BrCl2F2N3. The van der Waals surface area contributed by atoms with Gasteiger partial charge in [-0.05, 0) is 28.1 Å². The van der Waals surface area contributed by atoms with Gasteiger partial charge in [0.15, 0.2) is 5.82 Å². The van der Waals surface area contributed by atoms with Crippen LogP contribution in [-0.4, -0.2) is 14.8 Å². The van der Waals surface area contributed by atoms with Crippen molar-refractivity contribution in [2.45, 2.75) is 0 Å². The molecule has 3 rings (SSSR count). The highest BCUT2D eigenvalue weighted by atomic mass is 79.9. The molecule has 0 N–H and O–H groups in total. The maximum Gasteiger partial charge on any atom is 0.169 e. The second kappa shape index (κ2) is 4.95. The molecule has 0 atom stereocenters. The number of hydrogen-bond acceptors (Lipinski definition) is 2. The van der Waals surface area contributed by atoms with E-state index in [1.165, 1.54) is 10.9 Å². The smallest absolute Gasteiger partial charge is 0.169 e. The van der Waals surface area contributed by atoms with Gasteiger partial charge in [-0.25, -0.2) is 18.4 Å². The molecule has 20 heavy (non-hydrogen) atoms. The van der Waals surface area contributed by atoms with Crippen molar-refractivity contribution < 1.29 is 8.78 Å². The van der Waals surface area contributed by atoms with Gasteiger partial charge in [-0.1, -0.05) is 23.2 Å². The first-order valence-corrected chi connectivity index (χ1v) is 6.86. The zero-order valence-electron chi connectivity index (χ0n) is 9.54. The number of rotatable bonds is 1. The van der Waals surface area contributed by atoms with Gasteiger partial charge in [0.25, 0.3) is 0 Å². The Morgan fingerprint density at radius 3 is 2.40 bits per heavy atom. The van der Waals surface area contributed by atoms with E-state index in [0.29, 0.717) is 9.99 Å². The summed E-state index contributed by atoms with van der Waals surface area (Å²) >= 11 is 15.1. The monoisotopic (exact) mass is 377 g/mol. The van der Waals surface area contributed by atoms with Crippen molar-refractivity contribution in [2.75, 3.05) is 0 Å². The van der Waals surface area contributed by atoms with Crippen molar-refractivity contribution in [2.24, 2.45) is 0 Å². The predicted molar refractivity (Wildman–Crippen MR) is 76.5 cm³/mol. The van der Waals surface area contributed by atoms with Gasteiger partial charge < -0.3 is 0 Å². The summed E-state index contributed by atoms with van der Waals surface area (Å²) in [4.78, 5) is 3.84. The van der Waals surface area contributed by atoms with Gasteiger partial charge in [-0.2, -0.15) is 5.10 Å². The summed E-state index contributed by atoms with van der Waals surface area (Å²) in [5.41, 5.74) is 0.389. The molecule has 3 aromatic rings. The van der Waals surface area contributed by atoms with Crippen LogP contribution in [0, 0.1) is 11.6 Å². The third-order valence-corrected chi connectivity index (χ3v) is 3.87. The van der Waals surface area contributed by atoms with Crippen LogP contribution in [0.2, 0.25) is 10.0 Å². The van der Waals surface area contributed by atoms with Gasteiger partial charge >= 0.3 is 0 Å². The molecule has 0 radical (unpaired) electrons. The molecule has 0 fully saturated rings. The predicted octanol–water partition coefficient (Wildman–Crippen LogP) is 4.77. The molecule has 0 aliphatic rings.